The fourth-order valence-corrected chi connectivity index (χ4v) is 4.55. The molecule has 0 amide bonds. The van der Waals surface area contributed by atoms with Gasteiger partial charge in [0, 0.05) is 22.1 Å². The van der Waals surface area contributed by atoms with Gasteiger partial charge in [-0.1, -0.05) is 6.92 Å². The van der Waals surface area contributed by atoms with Gasteiger partial charge in [-0.25, -0.2) is 9.97 Å². The number of carbonyl (C=O) groups excluding carboxylic acids is 1. The number of nitrogens with zero attached hydrogens (tertiary/aromatic N) is 2. The number of hydrogen-bond donors (Lipinski definition) is 1. The van der Waals surface area contributed by atoms with Gasteiger partial charge in [0.05, 0.1) is 34.5 Å². The average Bonchev–Trinajstić information content (AvgIpc) is 3.01. The van der Waals surface area contributed by atoms with Crippen molar-refractivity contribution in [1.82, 2.24) is 15.3 Å². The topological polar surface area (TPSA) is 54.9 Å². The molecule has 20 heavy (non-hydrogen) atoms. The Kier molecular flexibility index (Phi) is 3.70. The summed E-state index contributed by atoms with van der Waals surface area (Å²) in [4.78, 5) is 23.3. The Balaban J connectivity index is 1.93. The summed E-state index contributed by atoms with van der Waals surface area (Å²) in [6.07, 6.45) is 0.554. The van der Waals surface area contributed by atoms with E-state index >= 15 is 0 Å². The highest BCUT2D eigenvalue weighted by atomic mass is 32.1. The van der Waals surface area contributed by atoms with Crippen molar-refractivity contribution in [3.63, 3.8) is 0 Å². The minimum Gasteiger partial charge on any atom is -0.300 e. The number of Topliss-reactive ketones (excluding diaryl/α,β-unsaturated/α-hetero) is 1. The standard InChI is InChI=1S/C14H17N3OS2/c1-7-11(18)4-10(13-8(2)15-5-19-13)17-12(7)14-9(3)16-6-20-14/h5-7,10,12,17H,4H2,1-3H3/t7-,10+,12-/m0/s1. The Morgan fingerprint density at radius 2 is 1.75 bits per heavy atom. The summed E-state index contributed by atoms with van der Waals surface area (Å²) in [5, 5.41) is 3.64. The minimum atomic E-state index is -0.00127. The average molecular weight is 307 g/mol. The fraction of sp³-hybridized carbons (Fsp3) is 0.500. The molecule has 1 aliphatic rings. The molecule has 1 saturated heterocycles. The maximum absolute atomic E-state index is 12.4. The Morgan fingerprint density at radius 1 is 1.15 bits per heavy atom. The van der Waals surface area contributed by atoms with Crippen LogP contribution in [0, 0.1) is 19.8 Å². The molecule has 0 aromatic carbocycles. The Morgan fingerprint density at radius 3 is 2.30 bits per heavy atom. The quantitative estimate of drug-likeness (QED) is 0.925. The van der Waals surface area contributed by atoms with Gasteiger partial charge in [0.15, 0.2) is 0 Å². The van der Waals surface area contributed by atoms with Crippen LogP contribution < -0.4 is 5.32 Å². The highest BCUT2D eigenvalue weighted by Gasteiger charge is 2.37. The van der Waals surface area contributed by atoms with Crippen molar-refractivity contribution >= 4 is 28.5 Å². The number of hydrogen-bond acceptors (Lipinski definition) is 6. The fourth-order valence-electron chi connectivity index (χ4n) is 2.72. The van der Waals surface area contributed by atoms with Gasteiger partial charge < -0.3 is 5.32 Å². The van der Waals surface area contributed by atoms with Crippen LogP contribution in [0.3, 0.4) is 0 Å². The first kappa shape index (κ1) is 13.9. The van der Waals surface area contributed by atoms with Gasteiger partial charge in [-0.05, 0) is 13.8 Å². The lowest BCUT2D eigenvalue weighted by atomic mass is 9.85. The number of nitrogens with one attached hydrogen (secondary N) is 1. The lowest BCUT2D eigenvalue weighted by Crippen LogP contribution is -2.41. The first-order valence-electron chi connectivity index (χ1n) is 6.66. The molecule has 3 rings (SSSR count). The van der Waals surface area contributed by atoms with E-state index < -0.39 is 0 Å². The highest BCUT2D eigenvalue weighted by Crippen LogP contribution is 2.38. The molecule has 106 valence electrons. The molecule has 0 radical (unpaired) electrons. The van der Waals surface area contributed by atoms with E-state index in [2.05, 4.69) is 15.3 Å². The summed E-state index contributed by atoms with van der Waals surface area (Å²) in [5.74, 6) is 0.318. The third-order valence-corrected chi connectivity index (χ3v) is 6.02. The minimum absolute atomic E-state index is 0.00127. The lowest BCUT2D eigenvalue weighted by Gasteiger charge is -2.34. The van der Waals surface area contributed by atoms with E-state index in [1.54, 1.807) is 22.7 Å². The van der Waals surface area contributed by atoms with E-state index in [1.807, 2.05) is 31.8 Å². The van der Waals surface area contributed by atoms with Crippen molar-refractivity contribution in [2.45, 2.75) is 39.3 Å². The van der Waals surface area contributed by atoms with E-state index in [0.29, 0.717) is 12.2 Å². The summed E-state index contributed by atoms with van der Waals surface area (Å²) < 4.78 is 0. The van der Waals surface area contributed by atoms with Crippen LogP contribution in [0.1, 0.15) is 46.6 Å². The van der Waals surface area contributed by atoms with Crippen molar-refractivity contribution in [2.24, 2.45) is 5.92 Å². The molecule has 2 aromatic heterocycles. The van der Waals surface area contributed by atoms with E-state index in [4.69, 9.17) is 0 Å². The van der Waals surface area contributed by atoms with Gasteiger partial charge in [-0.2, -0.15) is 0 Å². The van der Waals surface area contributed by atoms with Crippen molar-refractivity contribution in [1.29, 1.82) is 0 Å². The monoisotopic (exact) mass is 307 g/mol. The number of piperidine rings is 1. The summed E-state index contributed by atoms with van der Waals surface area (Å²) in [6, 6.07) is 0.146. The Hall–Kier alpha value is -1.11. The third-order valence-electron chi connectivity index (χ3n) is 3.96. The van der Waals surface area contributed by atoms with Crippen molar-refractivity contribution in [3.8, 4) is 0 Å². The zero-order valence-electron chi connectivity index (χ0n) is 11.7. The van der Waals surface area contributed by atoms with Crippen LogP contribution >= 0.6 is 22.7 Å². The number of aromatic nitrogens is 2. The van der Waals surface area contributed by atoms with Crippen LogP contribution in [0.4, 0.5) is 0 Å². The first-order chi connectivity index (χ1) is 9.58. The van der Waals surface area contributed by atoms with Crippen LogP contribution in [-0.2, 0) is 4.79 Å². The number of ketones is 1. The summed E-state index contributed by atoms with van der Waals surface area (Å²) >= 11 is 3.25. The molecular formula is C14H17N3OS2. The van der Waals surface area contributed by atoms with Crippen molar-refractivity contribution in [2.75, 3.05) is 0 Å². The van der Waals surface area contributed by atoms with E-state index in [1.165, 1.54) is 9.75 Å². The Labute approximate surface area is 126 Å². The molecule has 4 nitrogen and oxygen atoms in total. The first-order valence-corrected chi connectivity index (χ1v) is 8.42. The Bertz CT molecular complexity index is 634. The van der Waals surface area contributed by atoms with Crippen molar-refractivity contribution < 1.29 is 4.79 Å². The second-order valence-corrected chi connectivity index (χ2v) is 7.03. The van der Waals surface area contributed by atoms with E-state index in [9.17, 15) is 4.79 Å². The van der Waals surface area contributed by atoms with Crippen LogP contribution in [0.5, 0.6) is 0 Å². The smallest absolute Gasteiger partial charge is 0.139 e. The van der Waals surface area contributed by atoms with Gasteiger partial charge in [0.2, 0.25) is 0 Å². The molecule has 2 aromatic rings. The molecule has 6 heteroatoms. The molecule has 1 aliphatic heterocycles. The molecule has 3 atom stereocenters. The maximum atomic E-state index is 12.4. The largest absolute Gasteiger partial charge is 0.300 e. The SMILES string of the molecule is Cc1ncsc1[C@H]1N[C@@H](c2scnc2C)CC(=O)[C@@H]1C. The normalized spacial score (nSPS) is 26.9. The second-order valence-electron chi connectivity index (χ2n) is 5.26. The second kappa shape index (κ2) is 5.35. The van der Waals surface area contributed by atoms with Crippen molar-refractivity contribution in [3.05, 3.63) is 32.2 Å². The molecule has 0 spiro atoms. The molecule has 0 aliphatic carbocycles. The van der Waals surface area contributed by atoms with Crippen LogP contribution in [0.25, 0.3) is 0 Å². The molecule has 1 fully saturated rings. The van der Waals surface area contributed by atoms with Crippen LogP contribution in [-0.4, -0.2) is 15.8 Å². The summed E-state index contributed by atoms with van der Waals surface area (Å²) in [5.41, 5.74) is 5.75. The number of thiazole rings is 2. The molecular weight excluding hydrogens is 290 g/mol. The molecule has 0 unspecified atom stereocenters. The lowest BCUT2D eigenvalue weighted by molar-refractivity contribution is -0.126. The molecule has 1 N–H and O–H groups in total. The van der Waals surface area contributed by atoms with Crippen LogP contribution in [0.15, 0.2) is 11.0 Å². The molecule has 0 bridgehead atoms. The highest BCUT2D eigenvalue weighted by molar-refractivity contribution is 7.10. The number of aryl methyl sites for hydroxylation is 2. The number of rotatable bonds is 2. The third kappa shape index (κ3) is 2.32. The maximum Gasteiger partial charge on any atom is 0.139 e. The zero-order valence-corrected chi connectivity index (χ0v) is 13.3. The van der Waals surface area contributed by atoms with Gasteiger partial charge in [-0.3, -0.25) is 4.79 Å². The number of carbonyl (C=O) groups is 1. The summed E-state index contributed by atoms with van der Waals surface area (Å²) in [6.45, 7) is 6.02. The molecule has 0 saturated carbocycles. The zero-order chi connectivity index (χ0) is 14.3. The predicted octanol–water partition coefficient (Wildman–Crippen LogP) is 3.20. The van der Waals surface area contributed by atoms with E-state index in [-0.39, 0.29) is 18.0 Å². The van der Waals surface area contributed by atoms with E-state index in [0.717, 1.165) is 11.4 Å². The van der Waals surface area contributed by atoms with Gasteiger partial charge in [0.25, 0.3) is 0 Å². The van der Waals surface area contributed by atoms with Crippen LogP contribution in [0.2, 0.25) is 0 Å². The van der Waals surface area contributed by atoms with Gasteiger partial charge in [-0.15, -0.1) is 22.7 Å². The van der Waals surface area contributed by atoms with Gasteiger partial charge in [0.1, 0.15) is 5.78 Å². The summed E-state index contributed by atoms with van der Waals surface area (Å²) in [7, 11) is 0. The predicted molar refractivity (Wildman–Crippen MR) is 81.1 cm³/mol. The van der Waals surface area contributed by atoms with Gasteiger partial charge >= 0.3 is 0 Å². The molecule has 3 heterocycles.